The van der Waals surface area contributed by atoms with Crippen molar-refractivity contribution in [2.75, 3.05) is 0 Å². The highest BCUT2D eigenvalue weighted by Crippen LogP contribution is 2.19. The fourth-order valence-corrected chi connectivity index (χ4v) is 3.80. The molecule has 0 aliphatic heterocycles. The summed E-state index contributed by atoms with van der Waals surface area (Å²) in [5, 5.41) is 18.5. The third kappa shape index (κ3) is 8.78. The number of aromatic amines is 1. The van der Waals surface area contributed by atoms with Crippen LogP contribution in [0.4, 0.5) is 0 Å². The molecule has 0 amide bonds. The Labute approximate surface area is 225 Å². The molecule has 3 aromatic carbocycles. The van der Waals surface area contributed by atoms with Gasteiger partial charge in [-0.25, -0.2) is 9.59 Å². The summed E-state index contributed by atoms with van der Waals surface area (Å²) in [4.78, 5) is 37.7. The number of hydrogen-bond donors (Lipinski definition) is 6. The van der Waals surface area contributed by atoms with Crippen molar-refractivity contribution in [3.8, 4) is 5.75 Å². The fraction of sp³-hybridized carbons (Fsp3) is 0.207. The molecule has 3 atom stereocenters. The molecule has 9 N–H and O–H groups in total. The van der Waals surface area contributed by atoms with E-state index in [-0.39, 0.29) is 18.6 Å². The summed E-state index contributed by atoms with van der Waals surface area (Å²) in [5.41, 5.74) is 20.6. The molecular weight excluding hydrogens is 500 g/mol. The van der Waals surface area contributed by atoms with E-state index in [1.54, 1.807) is 18.3 Å². The van der Waals surface area contributed by atoms with E-state index in [0.717, 1.165) is 27.6 Å². The lowest BCUT2D eigenvalue weighted by atomic mass is 10.1. The summed E-state index contributed by atoms with van der Waals surface area (Å²) >= 11 is 0. The number of carbonyl (C=O) groups is 3. The van der Waals surface area contributed by atoms with Crippen LogP contribution in [0.2, 0.25) is 0 Å². The van der Waals surface area contributed by atoms with Crippen LogP contribution >= 0.6 is 0 Å². The van der Waals surface area contributed by atoms with Crippen LogP contribution in [0.15, 0.2) is 85.1 Å². The topological polar surface area (TPSA) is 195 Å². The summed E-state index contributed by atoms with van der Waals surface area (Å²) in [6, 6.07) is 20.6. The molecule has 4 aromatic rings. The average Bonchev–Trinajstić information content (AvgIpc) is 3.33. The number of aromatic nitrogens is 1. The monoisotopic (exact) mass is 532 g/mol. The SMILES string of the molecule is N[C@@H](Cc1ccc(O)cc1)C(=O)O.N[C@@H](Cc1ccccc1)C(=O)OC(=O)[C@@H](N)Cc1c[nH]c2ccccc12. The number of para-hydroxylation sites is 1. The van der Waals surface area contributed by atoms with Crippen molar-refractivity contribution in [3.05, 3.63) is 102 Å². The lowest BCUT2D eigenvalue weighted by molar-refractivity contribution is -0.161. The Hall–Kier alpha value is -4.51. The van der Waals surface area contributed by atoms with Crippen molar-refractivity contribution < 1.29 is 29.3 Å². The van der Waals surface area contributed by atoms with Crippen LogP contribution in [0.25, 0.3) is 10.9 Å². The van der Waals surface area contributed by atoms with Crippen LogP contribution in [-0.4, -0.2) is 51.2 Å². The largest absolute Gasteiger partial charge is 0.508 e. The van der Waals surface area contributed by atoms with Gasteiger partial charge in [0, 0.05) is 23.5 Å². The first-order chi connectivity index (χ1) is 18.6. The van der Waals surface area contributed by atoms with E-state index < -0.39 is 36.0 Å². The first kappa shape index (κ1) is 29.1. The zero-order valence-electron chi connectivity index (χ0n) is 21.2. The molecule has 0 spiro atoms. The number of carbonyl (C=O) groups excluding carboxylic acids is 2. The highest BCUT2D eigenvalue weighted by atomic mass is 16.6. The molecule has 0 aliphatic rings. The number of nitrogens with one attached hydrogen (secondary N) is 1. The predicted molar refractivity (Wildman–Crippen MR) is 147 cm³/mol. The molecule has 10 heteroatoms. The molecule has 0 radical (unpaired) electrons. The number of fused-ring (bicyclic) bond motifs is 1. The van der Waals surface area contributed by atoms with E-state index in [0.29, 0.717) is 6.42 Å². The van der Waals surface area contributed by atoms with Gasteiger partial charge in [-0.1, -0.05) is 60.7 Å². The predicted octanol–water partition coefficient (Wildman–Crippen LogP) is 2.02. The zero-order chi connectivity index (χ0) is 28.4. The third-order valence-corrected chi connectivity index (χ3v) is 5.93. The molecule has 0 unspecified atom stereocenters. The Kier molecular flexibility index (Phi) is 10.3. The second kappa shape index (κ2) is 13.9. The van der Waals surface area contributed by atoms with Crippen LogP contribution in [0.1, 0.15) is 16.7 Å². The van der Waals surface area contributed by atoms with Gasteiger partial charge in [0.1, 0.15) is 23.9 Å². The van der Waals surface area contributed by atoms with Gasteiger partial charge in [-0.2, -0.15) is 0 Å². The first-order valence-electron chi connectivity index (χ1n) is 12.3. The summed E-state index contributed by atoms with van der Waals surface area (Å²) in [7, 11) is 0. The van der Waals surface area contributed by atoms with Crippen molar-refractivity contribution >= 4 is 28.8 Å². The minimum absolute atomic E-state index is 0.160. The molecular formula is C29H32N4O6. The van der Waals surface area contributed by atoms with E-state index in [1.165, 1.54) is 12.1 Å². The molecule has 10 nitrogen and oxygen atoms in total. The van der Waals surface area contributed by atoms with E-state index in [1.807, 2.05) is 54.6 Å². The lowest BCUT2D eigenvalue weighted by Crippen LogP contribution is -2.41. The second-order valence-electron chi connectivity index (χ2n) is 9.02. The number of nitrogens with two attached hydrogens (primary N) is 3. The maximum Gasteiger partial charge on any atom is 0.330 e. The van der Waals surface area contributed by atoms with Gasteiger partial charge < -0.3 is 37.1 Å². The summed E-state index contributed by atoms with van der Waals surface area (Å²) < 4.78 is 4.87. The van der Waals surface area contributed by atoms with E-state index >= 15 is 0 Å². The Morgan fingerprint density at radius 2 is 1.26 bits per heavy atom. The van der Waals surface area contributed by atoms with Gasteiger partial charge in [-0.15, -0.1) is 0 Å². The number of carboxylic acids is 1. The quantitative estimate of drug-likeness (QED) is 0.138. The van der Waals surface area contributed by atoms with Crippen LogP contribution in [0.3, 0.4) is 0 Å². The maximum absolute atomic E-state index is 12.1. The van der Waals surface area contributed by atoms with Crippen molar-refractivity contribution in [1.82, 2.24) is 4.98 Å². The fourth-order valence-electron chi connectivity index (χ4n) is 3.80. The van der Waals surface area contributed by atoms with Crippen molar-refractivity contribution in [2.24, 2.45) is 17.2 Å². The maximum atomic E-state index is 12.1. The van der Waals surface area contributed by atoms with Gasteiger partial charge in [0.05, 0.1) is 0 Å². The zero-order valence-corrected chi connectivity index (χ0v) is 21.2. The minimum atomic E-state index is -1.02. The van der Waals surface area contributed by atoms with Gasteiger partial charge in [-0.3, -0.25) is 4.79 Å². The minimum Gasteiger partial charge on any atom is -0.508 e. The van der Waals surface area contributed by atoms with Gasteiger partial charge >= 0.3 is 17.9 Å². The van der Waals surface area contributed by atoms with Crippen molar-refractivity contribution in [2.45, 2.75) is 37.4 Å². The molecule has 0 saturated carbocycles. The normalized spacial score (nSPS) is 13.0. The molecule has 0 saturated heterocycles. The van der Waals surface area contributed by atoms with Gasteiger partial charge in [0.15, 0.2) is 0 Å². The van der Waals surface area contributed by atoms with Gasteiger partial charge in [-0.05, 0) is 47.7 Å². The standard InChI is InChI=1S/C20H21N3O3.C9H11NO3/c21-16(10-13-6-2-1-3-7-13)19(24)26-20(25)17(22)11-14-12-23-18-9-5-4-8-15(14)18;10-8(9(12)13)5-6-1-3-7(11)4-2-6/h1-9,12,16-17,23H,10-11,21-22H2;1-4,8,11H,5,10H2,(H,12,13)/t16-,17-;8-/m00/s1. The van der Waals surface area contributed by atoms with Crippen LogP contribution < -0.4 is 17.2 Å². The third-order valence-electron chi connectivity index (χ3n) is 5.93. The Bertz CT molecular complexity index is 1390. The number of hydrogen-bond acceptors (Lipinski definition) is 8. The van der Waals surface area contributed by atoms with Crippen molar-refractivity contribution in [3.63, 3.8) is 0 Å². The molecule has 204 valence electrons. The molecule has 1 aromatic heterocycles. The number of rotatable bonds is 9. The smallest absolute Gasteiger partial charge is 0.330 e. The summed E-state index contributed by atoms with van der Waals surface area (Å²) in [6.07, 6.45) is 2.64. The number of phenolic OH excluding ortho intramolecular Hbond substituents is 1. The van der Waals surface area contributed by atoms with E-state index in [4.69, 9.17) is 32.2 Å². The molecule has 0 bridgehead atoms. The van der Waals surface area contributed by atoms with Crippen LogP contribution in [0, 0.1) is 0 Å². The first-order valence-corrected chi connectivity index (χ1v) is 12.3. The average molecular weight is 533 g/mol. The molecule has 39 heavy (non-hydrogen) atoms. The van der Waals surface area contributed by atoms with E-state index in [9.17, 15) is 14.4 Å². The number of ether oxygens (including phenoxy) is 1. The number of carboxylic acid groups (broad SMARTS) is 1. The number of H-pyrrole nitrogens is 1. The second-order valence-corrected chi connectivity index (χ2v) is 9.02. The van der Waals surface area contributed by atoms with Crippen LogP contribution in [0.5, 0.6) is 5.75 Å². The molecule has 0 fully saturated rings. The number of phenols is 1. The Balaban J connectivity index is 0.000000272. The van der Waals surface area contributed by atoms with Gasteiger partial charge in [0.25, 0.3) is 0 Å². The molecule has 4 rings (SSSR count). The van der Waals surface area contributed by atoms with E-state index in [2.05, 4.69) is 4.98 Å². The highest BCUT2D eigenvalue weighted by Gasteiger charge is 2.24. The Morgan fingerprint density at radius 3 is 1.90 bits per heavy atom. The number of aromatic hydroxyl groups is 1. The summed E-state index contributed by atoms with van der Waals surface area (Å²) in [5.74, 6) is -2.40. The summed E-state index contributed by atoms with van der Waals surface area (Å²) in [6.45, 7) is 0. The molecule has 0 aliphatic carbocycles. The molecule has 1 heterocycles. The number of aliphatic carboxylic acids is 1. The lowest BCUT2D eigenvalue weighted by Gasteiger charge is -2.13. The van der Waals surface area contributed by atoms with Crippen LogP contribution in [-0.2, 0) is 38.4 Å². The van der Waals surface area contributed by atoms with Crippen molar-refractivity contribution in [1.29, 1.82) is 0 Å². The number of benzene rings is 3. The highest BCUT2D eigenvalue weighted by molar-refractivity contribution is 5.91. The number of esters is 2. The Morgan fingerprint density at radius 1 is 0.718 bits per heavy atom. The van der Waals surface area contributed by atoms with Gasteiger partial charge in [0.2, 0.25) is 0 Å².